The number of hydrogen-bond donors (Lipinski definition) is 1. The molecule has 0 saturated carbocycles. The van der Waals surface area contributed by atoms with Gasteiger partial charge in [-0.25, -0.2) is 0 Å². The Morgan fingerprint density at radius 2 is 1.46 bits per heavy atom. The summed E-state index contributed by atoms with van der Waals surface area (Å²) in [7, 11) is 0. The summed E-state index contributed by atoms with van der Waals surface area (Å²) >= 11 is 0. The van der Waals surface area contributed by atoms with Gasteiger partial charge in [-0.05, 0) is 40.8 Å². The molecule has 0 aliphatic carbocycles. The second kappa shape index (κ2) is 7.14. The van der Waals surface area contributed by atoms with Crippen molar-refractivity contribution < 1.29 is 4.79 Å². The Bertz CT molecular complexity index is 906. The van der Waals surface area contributed by atoms with Gasteiger partial charge >= 0.3 is 0 Å². The van der Waals surface area contributed by atoms with E-state index in [0.717, 1.165) is 40.8 Å². The molecular formula is C23H22N2O. The molecular weight excluding hydrogens is 320 g/mol. The van der Waals surface area contributed by atoms with E-state index in [0.29, 0.717) is 6.54 Å². The molecule has 130 valence electrons. The zero-order valence-electron chi connectivity index (χ0n) is 14.6. The van der Waals surface area contributed by atoms with Crippen molar-refractivity contribution in [2.24, 2.45) is 5.73 Å². The van der Waals surface area contributed by atoms with Crippen LogP contribution in [0.2, 0.25) is 0 Å². The van der Waals surface area contributed by atoms with E-state index in [1.807, 2.05) is 53.4 Å². The molecule has 1 unspecified atom stereocenters. The third-order valence-corrected chi connectivity index (χ3v) is 4.95. The summed E-state index contributed by atoms with van der Waals surface area (Å²) in [6.45, 7) is 1.38. The molecule has 3 aromatic carbocycles. The van der Waals surface area contributed by atoms with E-state index in [1.54, 1.807) is 0 Å². The third-order valence-electron chi connectivity index (χ3n) is 4.95. The SMILES string of the molecule is NC1CCN(C(=O)c2ccc(-c3ccccc3)c(-c3ccccc3)c2)C1. The number of likely N-dealkylation sites (tertiary alicyclic amines) is 1. The molecule has 1 atom stereocenters. The molecule has 1 heterocycles. The van der Waals surface area contributed by atoms with Gasteiger partial charge in [-0.3, -0.25) is 4.79 Å². The Morgan fingerprint density at radius 1 is 0.846 bits per heavy atom. The van der Waals surface area contributed by atoms with E-state index in [-0.39, 0.29) is 11.9 Å². The molecule has 0 radical (unpaired) electrons. The highest BCUT2D eigenvalue weighted by Crippen LogP contribution is 2.33. The second-order valence-corrected chi connectivity index (χ2v) is 6.79. The van der Waals surface area contributed by atoms with Crippen molar-refractivity contribution in [1.82, 2.24) is 4.90 Å². The van der Waals surface area contributed by atoms with Crippen LogP contribution in [-0.4, -0.2) is 29.9 Å². The maximum absolute atomic E-state index is 12.9. The van der Waals surface area contributed by atoms with Crippen LogP contribution in [0.4, 0.5) is 0 Å². The fraction of sp³-hybridized carbons (Fsp3) is 0.174. The van der Waals surface area contributed by atoms with Gasteiger partial charge in [0.25, 0.3) is 5.91 Å². The number of nitrogens with zero attached hydrogens (tertiary/aromatic N) is 1. The first-order valence-electron chi connectivity index (χ1n) is 9.02. The zero-order valence-corrected chi connectivity index (χ0v) is 14.6. The van der Waals surface area contributed by atoms with Crippen LogP contribution in [0.25, 0.3) is 22.3 Å². The second-order valence-electron chi connectivity index (χ2n) is 6.79. The highest BCUT2D eigenvalue weighted by atomic mass is 16.2. The zero-order chi connectivity index (χ0) is 17.9. The molecule has 1 saturated heterocycles. The molecule has 1 fully saturated rings. The average molecular weight is 342 g/mol. The lowest BCUT2D eigenvalue weighted by Crippen LogP contribution is -2.31. The minimum Gasteiger partial charge on any atom is -0.337 e. The van der Waals surface area contributed by atoms with E-state index in [4.69, 9.17) is 5.73 Å². The van der Waals surface area contributed by atoms with Gasteiger partial charge in [0.2, 0.25) is 0 Å². The molecule has 0 bridgehead atoms. The average Bonchev–Trinajstić information content (AvgIpc) is 3.14. The summed E-state index contributed by atoms with van der Waals surface area (Å²) in [6.07, 6.45) is 0.874. The number of hydrogen-bond acceptors (Lipinski definition) is 2. The maximum Gasteiger partial charge on any atom is 0.253 e. The monoisotopic (exact) mass is 342 g/mol. The summed E-state index contributed by atoms with van der Waals surface area (Å²) in [5.74, 6) is 0.0646. The van der Waals surface area contributed by atoms with E-state index in [9.17, 15) is 4.79 Å². The van der Waals surface area contributed by atoms with E-state index < -0.39 is 0 Å². The van der Waals surface area contributed by atoms with Gasteiger partial charge in [0.15, 0.2) is 0 Å². The number of benzene rings is 3. The largest absolute Gasteiger partial charge is 0.337 e. The number of rotatable bonds is 3. The van der Waals surface area contributed by atoms with Gasteiger partial charge in [-0.15, -0.1) is 0 Å². The maximum atomic E-state index is 12.9. The predicted molar refractivity (Wildman–Crippen MR) is 106 cm³/mol. The molecule has 2 N–H and O–H groups in total. The Kier molecular flexibility index (Phi) is 4.55. The lowest BCUT2D eigenvalue weighted by Gasteiger charge is -2.18. The Hall–Kier alpha value is -2.91. The summed E-state index contributed by atoms with van der Waals surface area (Å²) < 4.78 is 0. The summed E-state index contributed by atoms with van der Waals surface area (Å²) in [5.41, 5.74) is 11.2. The standard InChI is InChI=1S/C23H22N2O/c24-20-13-14-25(16-20)23(26)19-11-12-21(17-7-3-1-4-8-17)22(15-19)18-9-5-2-6-10-18/h1-12,15,20H,13-14,16,24H2. The van der Waals surface area contributed by atoms with Crippen LogP contribution in [0.1, 0.15) is 16.8 Å². The molecule has 3 heteroatoms. The number of nitrogens with two attached hydrogens (primary N) is 1. The molecule has 4 rings (SSSR count). The Morgan fingerprint density at radius 3 is 2.04 bits per heavy atom. The van der Waals surface area contributed by atoms with Crippen LogP contribution in [0.3, 0.4) is 0 Å². The van der Waals surface area contributed by atoms with Crippen LogP contribution in [0.5, 0.6) is 0 Å². The predicted octanol–water partition coefficient (Wildman–Crippen LogP) is 4.19. The smallest absolute Gasteiger partial charge is 0.253 e. The number of amides is 1. The van der Waals surface area contributed by atoms with Crippen LogP contribution in [0.15, 0.2) is 78.9 Å². The minimum atomic E-state index is 0.0646. The normalized spacial score (nSPS) is 16.7. The van der Waals surface area contributed by atoms with Crippen molar-refractivity contribution in [3.05, 3.63) is 84.4 Å². The van der Waals surface area contributed by atoms with Gasteiger partial charge < -0.3 is 10.6 Å². The van der Waals surface area contributed by atoms with Crippen molar-refractivity contribution in [1.29, 1.82) is 0 Å². The molecule has 3 aromatic rings. The van der Waals surface area contributed by atoms with Crippen LogP contribution in [0, 0.1) is 0 Å². The van der Waals surface area contributed by atoms with Gasteiger partial charge in [-0.2, -0.15) is 0 Å². The first-order valence-corrected chi connectivity index (χ1v) is 9.02. The van der Waals surface area contributed by atoms with E-state index in [2.05, 4.69) is 30.3 Å². The first kappa shape index (κ1) is 16.6. The highest BCUT2D eigenvalue weighted by molar-refractivity contribution is 5.98. The molecule has 0 aromatic heterocycles. The van der Waals surface area contributed by atoms with Crippen LogP contribution in [-0.2, 0) is 0 Å². The van der Waals surface area contributed by atoms with Crippen molar-refractivity contribution >= 4 is 5.91 Å². The van der Waals surface area contributed by atoms with Gasteiger partial charge in [0.1, 0.15) is 0 Å². The van der Waals surface area contributed by atoms with Crippen molar-refractivity contribution in [2.75, 3.05) is 13.1 Å². The fourth-order valence-corrected chi connectivity index (χ4v) is 3.56. The lowest BCUT2D eigenvalue weighted by atomic mass is 9.92. The quantitative estimate of drug-likeness (QED) is 0.775. The Balaban J connectivity index is 1.78. The van der Waals surface area contributed by atoms with Crippen LogP contribution >= 0.6 is 0 Å². The molecule has 26 heavy (non-hydrogen) atoms. The summed E-state index contributed by atoms with van der Waals surface area (Å²) in [6, 6.07) is 26.6. The van der Waals surface area contributed by atoms with Gasteiger partial charge in [0, 0.05) is 24.7 Å². The van der Waals surface area contributed by atoms with E-state index in [1.165, 1.54) is 0 Å². The minimum absolute atomic E-state index is 0.0646. The summed E-state index contributed by atoms with van der Waals surface area (Å²) in [4.78, 5) is 14.8. The van der Waals surface area contributed by atoms with Gasteiger partial charge in [0.05, 0.1) is 0 Å². The molecule has 3 nitrogen and oxygen atoms in total. The van der Waals surface area contributed by atoms with Crippen molar-refractivity contribution in [3.8, 4) is 22.3 Å². The molecule has 1 aliphatic rings. The van der Waals surface area contributed by atoms with E-state index >= 15 is 0 Å². The number of carbonyl (C=O) groups is 1. The Labute approximate surface area is 154 Å². The molecule has 0 spiro atoms. The first-order chi connectivity index (χ1) is 12.7. The van der Waals surface area contributed by atoms with Crippen LogP contribution < -0.4 is 5.73 Å². The number of carbonyl (C=O) groups excluding carboxylic acids is 1. The molecule has 1 amide bonds. The fourth-order valence-electron chi connectivity index (χ4n) is 3.56. The topological polar surface area (TPSA) is 46.3 Å². The van der Waals surface area contributed by atoms with Crippen molar-refractivity contribution in [3.63, 3.8) is 0 Å². The van der Waals surface area contributed by atoms with Gasteiger partial charge in [-0.1, -0.05) is 66.7 Å². The lowest BCUT2D eigenvalue weighted by molar-refractivity contribution is 0.0791. The van der Waals surface area contributed by atoms with Crippen molar-refractivity contribution in [2.45, 2.75) is 12.5 Å². The highest BCUT2D eigenvalue weighted by Gasteiger charge is 2.25. The summed E-state index contributed by atoms with van der Waals surface area (Å²) in [5, 5.41) is 0. The third kappa shape index (κ3) is 3.26. The molecule has 1 aliphatic heterocycles.